The van der Waals surface area contributed by atoms with Crippen LogP contribution in [0.4, 0.5) is 10.1 Å². The van der Waals surface area contributed by atoms with Gasteiger partial charge < -0.3 is 4.74 Å². The second kappa shape index (κ2) is 6.85. The highest BCUT2D eigenvalue weighted by molar-refractivity contribution is 5.46. The summed E-state index contributed by atoms with van der Waals surface area (Å²) in [6, 6.07) is 5.80. The SMILES string of the molecule is CC(C)(C#N)CCCCOc1c(F)cccc1[N+](=O)[O-]. The molecule has 1 aromatic rings. The number of benzene rings is 1. The Labute approximate surface area is 117 Å². The predicted octanol–water partition coefficient (Wildman–Crippen LogP) is 3.83. The molecule has 1 aromatic carbocycles. The maximum absolute atomic E-state index is 13.5. The number of unbranched alkanes of at least 4 members (excludes halogenated alkanes) is 1. The maximum atomic E-state index is 13.5. The highest BCUT2D eigenvalue weighted by Gasteiger charge is 2.19. The zero-order chi connectivity index (χ0) is 15.2. The molecule has 108 valence electrons. The summed E-state index contributed by atoms with van der Waals surface area (Å²) in [6.07, 6.45) is 2.05. The van der Waals surface area contributed by atoms with Crippen LogP contribution in [0.25, 0.3) is 0 Å². The molecule has 0 saturated carbocycles. The lowest BCUT2D eigenvalue weighted by Crippen LogP contribution is -2.09. The van der Waals surface area contributed by atoms with Crippen molar-refractivity contribution in [3.63, 3.8) is 0 Å². The van der Waals surface area contributed by atoms with Crippen LogP contribution in [0.5, 0.6) is 5.75 Å². The van der Waals surface area contributed by atoms with E-state index in [9.17, 15) is 14.5 Å². The van der Waals surface area contributed by atoms with Gasteiger partial charge in [-0.1, -0.05) is 6.07 Å². The molecule has 0 fully saturated rings. The van der Waals surface area contributed by atoms with E-state index >= 15 is 0 Å². The van der Waals surface area contributed by atoms with E-state index in [4.69, 9.17) is 10.00 Å². The molecule has 5 nitrogen and oxygen atoms in total. The molecule has 0 saturated heterocycles. The average Bonchev–Trinajstić information content (AvgIpc) is 2.39. The number of para-hydroxylation sites is 1. The molecule has 0 unspecified atom stereocenters. The van der Waals surface area contributed by atoms with Crippen molar-refractivity contribution in [2.24, 2.45) is 5.41 Å². The summed E-state index contributed by atoms with van der Waals surface area (Å²) in [5.74, 6) is -1.06. The van der Waals surface area contributed by atoms with E-state index in [1.807, 2.05) is 13.8 Å². The molecule has 0 aromatic heterocycles. The molecular weight excluding hydrogens is 263 g/mol. The van der Waals surface area contributed by atoms with Gasteiger partial charge in [0.1, 0.15) is 0 Å². The molecule has 0 aliphatic heterocycles. The lowest BCUT2D eigenvalue weighted by atomic mass is 9.89. The van der Waals surface area contributed by atoms with Crippen molar-refractivity contribution in [3.05, 3.63) is 34.1 Å². The quantitative estimate of drug-likeness (QED) is 0.432. The molecule has 0 aliphatic carbocycles. The van der Waals surface area contributed by atoms with Gasteiger partial charge in [0.2, 0.25) is 5.75 Å². The third-order valence-electron chi connectivity index (χ3n) is 2.89. The summed E-state index contributed by atoms with van der Waals surface area (Å²) in [4.78, 5) is 10.1. The first-order chi connectivity index (χ1) is 9.37. The van der Waals surface area contributed by atoms with E-state index in [2.05, 4.69) is 6.07 Å². The Kier molecular flexibility index (Phi) is 5.44. The summed E-state index contributed by atoms with van der Waals surface area (Å²) < 4.78 is 18.7. The van der Waals surface area contributed by atoms with Crippen molar-refractivity contribution in [1.82, 2.24) is 0 Å². The number of halogens is 1. The number of hydrogen-bond acceptors (Lipinski definition) is 4. The summed E-state index contributed by atoms with van der Waals surface area (Å²) in [6.45, 7) is 3.87. The Morgan fingerprint density at radius 2 is 2.15 bits per heavy atom. The van der Waals surface area contributed by atoms with Gasteiger partial charge in [0.25, 0.3) is 0 Å². The average molecular weight is 280 g/mol. The molecule has 1 rings (SSSR count). The second-order valence-corrected chi connectivity index (χ2v) is 5.15. The van der Waals surface area contributed by atoms with Crippen LogP contribution in [-0.2, 0) is 0 Å². The van der Waals surface area contributed by atoms with Crippen LogP contribution < -0.4 is 4.74 Å². The van der Waals surface area contributed by atoms with Crippen LogP contribution in [0.15, 0.2) is 18.2 Å². The van der Waals surface area contributed by atoms with E-state index in [-0.39, 0.29) is 18.0 Å². The maximum Gasteiger partial charge on any atom is 0.314 e. The first kappa shape index (κ1) is 15.9. The first-order valence-corrected chi connectivity index (χ1v) is 6.34. The molecule has 0 spiro atoms. The molecule has 0 amide bonds. The summed E-state index contributed by atoms with van der Waals surface area (Å²) in [5, 5.41) is 19.6. The molecule has 0 heterocycles. The van der Waals surface area contributed by atoms with Crippen LogP contribution >= 0.6 is 0 Å². The summed E-state index contributed by atoms with van der Waals surface area (Å²) >= 11 is 0. The molecule has 0 atom stereocenters. The predicted molar refractivity (Wildman–Crippen MR) is 71.8 cm³/mol. The summed E-state index contributed by atoms with van der Waals surface area (Å²) in [5.41, 5.74) is -0.772. The molecule has 6 heteroatoms. The fourth-order valence-corrected chi connectivity index (χ4v) is 1.68. The molecule has 20 heavy (non-hydrogen) atoms. The van der Waals surface area contributed by atoms with E-state index < -0.39 is 16.2 Å². The van der Waals surface area contributed by atoms with Crippen LogP contribution in [0.1, 0.15) is 33.1 Å². The number of ether oxygens (including phenoxy) is 1. The van der Waals surface area contributed by atoms with Crippen molar-refractivity contribution in [2.45, 2.75) is 33.1 Å². The zero-order valence-electron chi connectivity index (χ0n) is 11.6. The van der Waals surface area contributed by atoms with Crippen molar-refractivity contribution in [3.8, 4) is 11.8 Å². The van der Waals surface area contributed by atoms with E-state index in [1.165, 1.54) is 12.1 Å². The van der Waals surface area contributed by atoms with Gasteiger partial charge in [-0.05, 0) is 39.2 Å². The third-order valence-corrected chi connectivity index (χ3v) is 2.89. The van der Waals surface area contributed by atoms with Crippen LogP contribution in [0, 0.1) is 32.7 Å². The minimum atomic E-state index is -0.739. The Hall–Kier alpha value is -2.16. The van der Waals surface area contributed by atoms with Gasteiger partial charge in [-0.2, -0.15) is 5.26 Å². The highest BCUT2D eigenvalue weighted by Crippen LogP contribution is 2.30. The Morgan fingerprint density at radius 1 is 1.45 bits per heavy atom. The first-order valence-electron chi connectivity index (χ1n) is 6.34. The number of nitrogens with zero attached hydrogens (tertiary/aromatic N) is 2. The van der Waals surface area contributed by atoms with Crippen molar-refractivity contribution < 1.29 is 14.1 Å². The molecule has 0 radical (unpaired) electrons. The Morgan fingerprint density at radius 3 is 2.75 bits per heavy atom. The smallest absolute Gasteiger partial charge is 0.314 e. The molecule has 0 bridgehead atoms. The van der Waals surface area contributed by atoms with Gasteiger partial charge in [-0.3, -0.25) is 10.1 Å². The zero-order valence-corrected chi connectivity index (χ0v) is 11.6. The number of hydrogen-bond donors (Lipinski definition) is 0. The van der Waals surface area contributed by atoms with Gasteiger partial charge in [0, 0.05) is 6.07 Å². The molecular formula is C14H17FN2O3. The van der Waals surface area contributed by atoms with Crippen molar-refractivity contribution >= 4 is 5.69 Å². The van der Waals surface area contributed by atoms with E-state index in [1.54, 1.807) is 0 Å². The highest BCUT2D eigenvalue weighted by atomic mass is 19.1. The Balaban J connectivity index is 2.51. The Bertz CT molecular complexity index is 524. The lowest BCUT2D eigenvalue weighted by molar-refractivity contribution is -0.386. The van der Waals surface area contributed by atoms with Crippen molar-refractivity contribution in [1.29, 1.82) is 5.26 Å². The second-order valence-electron chi connectivity index (χ2n) is 5.15. The van der Waals surface area contributed by atoms with E-state index in [0.717, 1.165) is 12.5 Å². The van der Waals surface area contributed by atoms with Gasteiger partial charge in [-0.25, -0.2) is 4.39 Å². The van der Waals surface area contributed by atoms with Crippen molar-refractivity contribution in [2.75, 3.05) is 6.61 Å². The number of nitriles is 1. The molecule has 0 aliphatic rings. The third kappa shape index (κ3) is 4.50. The van der Waals surface area contributed by atoms with Gasteiger partial charge in [-0.15, -0.1) is 0 Å². The minimum Gasteiger partial charge on any atom is -0.485 e. The fourth-order valence-electron chi connectivity index (χ4n) is 1.68. The van der Waals surface area contributed by atoms with Crippen LogP contribution in [0.2, 0.25) is 0 Å². The van der Waals surface area contributed by atoms with Gasteiger partial charge in [0.15, 0.2) is 5.82 Å². The number of nitro groups is 1. The minimum absolute atomic E-state index is 0.184. The van der Waals surface area contributed by atoms with Gasteiger partial charge >= 0.3 is 5.69 Å². The normalized spacial score (nSPS) is 10.9. The van der Waals surface area contributed by atoms with Crippen LogP contribution in [-0.4, -0.2) is 11.5 Å². The topological polar surface area (TPSA) is 76.2 Å². The van der Waals surface area contributed by atoms with E-state index in [0.29, 0.717) is 12.8 Å². The fraction of sp³-hybridized carbons (Fsp3) is 0.500. The van der Waals surface area contributed by atoms with Crippen LogP contribution in [0.3, 0.4) is 0 Å². The summed E-state index contributed by atoms with van der Waals surface area (Å²) in [7, 11) is 0. The standard InChI is InChI=1S/C14H17FN2O3/c1-14(2,10-16)8-3-4-9-20-13-11(15)6-5-7-12(13)17(18)19/h5-7H,3-4,8-9H2,1-2H3. The largest absolute Gasteiger partial charge is 0.485 e. The van der Waals surface area contributed by atoms with Gasteiger partial charge in [0.05, 0.1) is 23.0 Å². The number of rotatable bonds is 7. The number of nitro benzene ring substituents is 1. The molecule has 0 N–H and O–H groups in total. The lowest BCUT2D eigenvalue weighted by Gasteiger charge is -2.14. The monoisotopic (exact) mass is 280 g/mol.